The number of aromatic nitrogens is 4. The number of carbonyl (C=O) groups excluding carboxylic acids is 1. The van der Waals surface area contributed by atoms with Gasteiger partial charge in [-0.1, -0.05) is 49.5 Å². The molecule has 3 aromatic heterocycles. The molecule has 1 fully saturated rings. The van der Waals surface area contributed by atoms with Crippen LogP contribution < -0.4 is 15.8 Å². The molecule has 0 saturated carbocycles. The molecule has 4 heterocycles. The lowest BCUT2D eigenvalue weighted by Gasteiger charge is -2.34. The fourth-order valence-corrected chi connectivity index (χ4v) is 6.80. The van der Waals surface area contributed by atoms with Gasteiger partial charge in [-0.15, -0.1) is 0 Å². The molecule has 1 saturated heterocycles. The van der Waals surface area contributed by atoms with Crippen LogP contribution in [-0.4, -0.2) is 88.8 Å². The van der Waals surface area contributed by atoms with Gasteiger partial charge in [0.25, 0.3) is 11.5 Å². The summed E-state index contributed by atoms with van der Waals surface area (Å²) in [5.41, 5.74) is 4.28. The van der Waals surface area contributed by atoms with E-state index in [0.29, 0.717) is 35.3 Å². The Morgan fingerprint density at radius 2 is 1.72 bits per heavy atom. The summed E-state index contributed by atoms with van der Waals surface area (Å²) in [6.45, 7) is 13.3. The van der Waals surface area contributed by atoms with E-state index in [1.165, 1.54) is 23.0 Å². The molecule has 50 heavy (non-hydrogen) atoms. The second-order valence-electron chi connectivity index (χ2n) is 14.3. The maximum atomic E-state index is 14.0. The highest BCUT2D eigenvalue weighted by molar-refractivity contribution is 6.76. The summed E-state index contributed by atoms with van der Waals surface area (Å²) in [4.78, 5) is 44.8. The molecule has 0 atom stereocenters. The van der Waals surface area contributed by atoms with E-state index in [9.17, 15) is 19.5 Å². The number of hydrogen-bond donors (Lipinski definition) is 2. The number of fused-ring (bicyclic) bond motifs is 1. The first-order chi connectivity index (χ1) is 23.8. The van der Waals surface area contributed by atoms with E-state index in [2.05, 4.69) is 46.9 Å². The van der Waals surface area contributed by atoms with Crippen molar-refractivity contribution in [1.82, 2.24) is 23.8 Å². The largest absolute Gasteiger partial charge is 0.464 e. The number of nitrogens with zero attached hydrogens (tertiary/aromatic N) is 6. The Balaban J connectivity index is 1.34. The van der Waals surface area contributed by atoms with E-state index in [0.717, 1.165) is 53.6 Å². The fraction of sp³-hybridized carbons (Fsp3) is 0.351. The van der Waals surface area contributed by atoms with Crippen LogP contribution in [0.1, 0.15) is 21.5 Å². The van der Waals surface area contributed by atoms with E-state index in [-0.39, 0.29) is 18.0 Å². The van der Waals surface area contributed by atoms with E-state index in [4.69, 9.17) is 4.74 Å². The molecular weight excluding hydrogens is 651 g/mol. The van der Waals surface area contributed by atoms with Crippen LogP contribution in [0, 0.1) is 6.92 Å². The number of benzene rings is 2. The van der Waals surface area contributed by atoms with Crippen molar-refractivity contribution in [3.05, 3.63) is 100 Å². The second kappa shape index (κ2) is 14.5. The van der Waals surface area contributed by atoms with Crippen LogP contribution in [0.5, 0.6) is 0 Å². The number of piperazine rings is 1. The molecule has 0 unspecified atom stereocenters. The van der Waals surface area contributed by atoms with Crippen LogP contribution in [0.4, 0.5) is 16.2 Å². The van der Waals surface area contributed by atoms with Crippen molar-refractivity contribution in [3.63, 3.8) is 0 Å². The lowest BCUT2D eigenvalue weighted by Crippen LogP contribution is -2.44. The van der Waals surface area contributed by atoms with Crippen molar-refractivity contribution in [2.45, 2.75) is 45.9 Å². The smallest absolute Gasteiger partial charge is 0.416 e. The topological polar surface area (TPSA) is 127 Å². The van der Waals surface area contributed by atoms with Gasteiger partial charge in [-0.2, -0.15) is 5.10 Å². The molecule has 1 aliphatic rings. The molecule has 13 heteroatoms. The minimum Gasteiger partial charge on any atom is -0.464 e. The number of amides is 1. The van der Waals surface area contributed by atoms with Crippen molar-refractivity contribution in [1.29, 1.82) is 0 Å². The van der Waals surface area contributed by atoms with Crippen molar-refractivity contribution in [2.24, 2.45) is 0 Å². The summed E-state index contributed by atoms with van der Waals surface area (Å²) in [7, 11) is 0.717. The Labute approximate surface area is 292 Å². The highest BCUT2D eigenvalue weighted by Gasteiger charge is 2.23. The summed E-state index contributed by atoms with van der Waals surface area (Å²) in [5, 5.41) is 18.4. The minimum atomic E-state index is -1.38. The second-order valence-corrected chi connectivity index (χ2v) is 19.9. The first-order valence-corrected chi connectivity index (χ1v) is 20.6. The first kappa shape index (κ1) is 34.9. The molecule has 2 aromatic carbocycles. The van der Waals surface area contributed by atoms with Gasteiger partial charge in [0, 0.05) is 64.3 Å². The van der Waals surface area contributed by atoms with Gasteiger partial charge in [0.2, 0.25) is 0 Å². The maximum absolute atomic E-state index is 14.0. The SMILES string of the molecule is Cc1ccc(Cn2cc(C(=O)Nc3cc(-c4cc5cc(N6CCN(C)CC6)ccc5n4C(=O)O)c(=O)n(COCC[Si](C)(C)C)c3)cn2)cc1. The Bertz CT molecular complexity index is 2070. The van der Waals surface area contributed by atoms with Gasteiger partial charge in [0.1, 0.15) is 6.73 Å². The van der Waals surface area contributed by atoms with Crippen LogP contribution >= 0.6 is 0 Å². The Morgan fingerprint density at radius 3 is 2.42 bits per heavy atom. The number of carboxylic acid groups (broad SMARTS) is 1. The number of rotatable bonds is 11. The van der Waals surface area contributed by atoms with Crippen LogP contribution in [0.2, 0.25) is 25.7 Å². The Hall–Kier alpha value is -4.98. The number of aryl methyl sites for hydroxylation is 1. The van der Waals surface area contributed by atoms with E-state index >= 15 is 0 Å². The summed E-state index contributed by atoms with van der Waals surface area (Å²) in [6, 6.07) is 18.0. The monoisotopic (exact) mass is 695 g/mol. The molecule has 0 bridgehead atoms. The number of pyridine rings is 1. The fourth-order valence-electron chi connectivity index (χ4n) is 6.04. The number of likely N-dealkylation sites (N-methyl/N-ethyl adjacent to an activating group) is 1. The standard InChI is InChI=1S/C37H45N7O5Si/c1-26-6-8-27(9-7-26)22-43-23-29(21-38-43)35(45)39-30-20-32(36(46)42(24-30)25-49-16-17-50(3,4)5)34-19-28-18-31(41-14-12-40(2)13-15-41)10-11-33(28)44(34)37(47)48/h6-11,18-21,23-24H,12-17,22,25H2,1-5H3,(H,39,45)(H,47,48). The molecule has 0 aliphatic carbocycles. The van der Waals surface area contributed by atoms with E-state index < -0.39 is 25.6 Å². The highest BCUT2D eigenvalue weighted by Crippen LogP contribution is 2.31. The summed E-state index contributed by atoms with van der Waals surface area (Å²) in [6.07, 6.45) is 3.50. The van der Waals surface area contributed by atoms with Gasteiger partial charge in [0.15, 0.2) is 0 Å². The van der Waals surface area contributed by atoms with Gasteiger partial charge in [-0.3, -0.25) is 18.8 Å². The summed E-state index contributed by atoms with van der Waals surface area (Å²) in [5.74, 6) is -0.411. The van der Waals surface area contributed by atoms with Crippen LogP contribution in [0.15, 0.2) is 78.0 Å². The molecule has 262 valence electrons. The Morgan fingerprint density at radius 1 is 0.980 bits per heavy atom. The lowest BCUT2D eigenvalue weighted by atomic mass is 10.1. The number of hydrogen-bond acceptors (Lipinski definition) is 7. The normalized spacial score (nSPS) is 14.0. The molecule has 1 amide bonds. The highest BCUT2D eigenvalue weighted by atomic mass is 28.3. The third-order valence-corrected chi connectivity index (χ3v) is 10.8. The van der Waals surface area contributed by atoms with Crippen LogP contribution in [0.3, 0.4) is 0 Å². The predicted octanol–water partition coefficient (Wildman–Crippen LogP) is 5.87. The van der Waals surface area contributed by atoms with Crippen molar-refractivity contribution >= 4 is 42.4 Å². The molecule has 2 N–H and O–H groups in total. The first-order valence-electron chi connectivity index (χ1n) is 16.9. The van der Waals surface area contributed by atoms with Crippen molar-refractivity contribution < 1.29 is 19.4 Å². The van der Waals surface area contributed by atoms with Crippen molar-refractivity contribution in [2.75, 3.05) is 50.1 Å². The molecule has 1 aliphatic heterocycles. The van der Waals surface area contributed by atoms with Gasteiger partial charge >= 0.3 is 6.09 Å². The molecule has 0 spiro atoms. The average Bonchev–Trinajstić information content (AvgIpc) is 3.70. The van der Waals surface area contributed by atoms with E-state index in [1.807, 2.05) is 43.3 Å². The third-order valence-electron chi connectivity index (χ3n) is 9.05. The van der Waals surface area contributed by atoms with E-state index in [1.54, 1.807) is 23.0 Å². The van der Waals surface area contributed by atoms with Crippen LogP contribution in [-0.2, 0) is 18.0 Å². The lowest BCUT2D eigenvalue weighted by molar-refractivity contribution is 0.0849. The molecule has 0 radical (unpaired) electrons. The predicted molar refractivity (Wildman–Crippen MR) is 199 cm³/mol. The Kier molecular flexibility index (Phi) is 10.1. The number of anilines is 2. The summed E-state index contributed by atoms with van der Waals surface area (Å²) < 4.78 is 10.2. The van der Waals surface area contributed by atoms with Crippen molar-refractivity contribution in [3.8, 4) is 11.3 Å². The maximum Gasteiger partial charge on any atom is 0.416 e. The zero-order chi connectivity index (χ0) is 35.6. The average molecular weight is 696 g/mol. The zero-order valence-electron chi connectivity index (χ0n) is 29.3. The molecular formula is C37H45N7O5Si. The number of carbonyl (C=O) groups is 2. The van der Waals surface area contributed by atoms with Gasteiger partial charge < -0.3 is 25.0 Å². The van der Waals surface area contributed by atoms with Gasteiger partial charge in [0.05, 0.1) is 40.8 Å². The van der Waals surface area contributed by atoms with Gasteiger partial charge in [-0.05, 0) is 55.9 Å². The quantitative estimate of drug-likeness (QED) is 0.130. The molecule has 5 aromatic rings. The van der Waals surface area contributed by atoms with Gasteiger partial charge in [-0.25, -0.2) is 9.36 Å². The number of nitrogens with one attached hydrogen (secondary N) is 1. The summed E-state index contributed by atoms with van der Waals surface area (Å²) >= 11 is 0. The van der Waals surface area contributed by atoms with Crippen LogP contribution in [0.25, 0.3) is 22.2 Å². The number of ether oxygens (including phenoxy) is 1. The zero-order valence-corrected chi connectivity index (χ0v) is 30.3. The third kappa shape index (κ3) is 8.07. The minimum absolute atomic E-state index is 0.0463. The molecule has 12 nitrogen and oxygen atoms in total. The molecule has 6 rings (SSSR count).